The van der Waals surface area contributed by atoms with Crippen LogP contribution in [0.4, 0.5) is 10.1 Å². The summed E-state index contributed by atoms with van der Waals surface area (Å²) in [7, 11) is -0.223. The van der Waals surface area contributed by atoms with Gasteiger partial charge in [0.15, 0.2) is 5.82 Å². The van der Waals surface area contributed by atoms with E-state index >= 15 is 0 Å². The number of nitrogens with one attached hydrogen (secondary N) is 2. The van der Waals surface area contributed by atoms with Gasteiger partial charge in [0, 0.05) is 31.2 Å². The monoisotopic (exact) mass is 372 g/mol. The van der Waals surface area contributed by atoms with Gasteiger partial charge in [0.1, 0.15) is 26.7 Å². The average molecular weight is 373 g/mol. The van der Waals surface area contributed by atoms with Crippen LogP contribution in [0.2, 0.25) is 5.15 Å². The molecule has 0 aliphatic rings. The molecular weight excluding hydrogens is 355 g/mol. The van der Waals surface area contributed by atoms with Crippen molar-refractivity contribution in [1.29, 1.82) is 0 Å². The fraction of sp³-hybridized carbons (Fsp3) is 0.333. The number of hydrogen-bond acceptors (Lipinski definition) is 3. The van der Waals surface area contributed by atoms with Gasteiger partial charge in [0.2, 0.25) is 0 Å². The standard InChI is InChI=1S/C15H18ClFN4O2S/c1-4-9(2)20-24(23)11-8-21(3)14(13(11)17)15(22)19-10-5-6-18-12(16)7-10/h5-9,20H,4H2,1-3H3,(H,18,19,22). The van der Waals surface area contributed by atoms with Crippen LogP contribution in [0.15, 0.2) is 29.4 Å². The molecule has 6 nitrogen and oxygen atoms in total. The second kappa shape index (κ2) is 7.87. The average Bonchev–Trinajstić information content (AvgIpc) is 2.82. The van der Waals surface area contributed by atoms with Crippen molar-refractivity contribution in [3.8, 4) is 0 Å². The number of aromatic nitrogens is 2. The highest BCUT2D eigenvalue weighted by atomic mass is 35.5. The first-order chi connectivity index (χ1) is 11.3. The van der Waals surface area contributed by atoms with Crippen molar-refractivity contribution in [3.63, 3.8) is 0 Å². The van der Waals surface area contributed by atoms with Gasteiger partial charge in [-0.2, -0.15) is 0 Å². The van der Waals surface area contributed by atoms with E-state index in [9.17, 15) is 13.4 Å². The SMILES string of the molecule is CCC(C)NS(=O)c1cn(C)c(C(=O)Nc2ccnc(Cl)c2)c1F. The quantitative estimate of drug-likeness (QED) is 0.765. The molecule has 0 aliphatic carbocycles. The summed E-state index contributed by atoms with van der Waals surface area (Å²) in [6.07, 6.45) is 3.52. The predicted octanol–water partition coefficient (Wildman–Crippen LogP) is 2.88. The van der Waals surface area contributed by atoms with E-state index in [1.165, 1.54) is 36.1 Å². The number of nitrogens with zero attached hydrogens (tertiary/aromatic N) is 2. The second-order valence-corrected chi connectivity index (χ2v) is 6.88. The van der Waals surface area contributed by atoms with Crippen molar-refractivity contribution in [2.45, 2.75) is 31.2 Å². The maximum Gasteiger partial charge on any atom is 0.275 e. The Balaban J connectivity index is 2.24. The van der Waals surface area contributed by atoms with Gasteiger partial charge in [-0.15, -0.1) is 0 Å². The van der Waals surface area contributed by atoms with E-state index in [-0.39, 0.29) is 21.8 Å². The first kappa shape index (κ1) is 18.6. The van der Waals surface area contributed by atoms with E-state index in [2.05, 4.69) is 15.0 Å². The molecule has 2 unspecified atom stereocenters. The van der Waals surface area contributed by atoms with Crippen LogP contribution in [-0.2, 0) is 18.0 Å². The highest BCUT2D eigenvalue weighted by molar-refractivity contribution is 7.83. The first-order valence-electron chi connectivity index (χ1n) is 7.29. The largest absolute Gasteiger partial charge is 0.343 e. The van der Waals surface area contributed by atoms with Crippen LogP contribution in [0.3, 0.4) is 0 Å². The maximum absolute atomic E-state index is 14.6. The van der Waals surface area contributed by atoms with Crippen molar-refractivity contribution in [3.05, 3.63) is 41.2 Å². The van der Waals surface area contributed by atoms with Crippen molar-refractivity contribution in [1.82, 2.24) is 14.3 Å². The predicted molar refractivity (Wildman–Crippen MR) is 91.9 cm³/mol. The van der Waals surface area contributed by atoms with Gasteiger partial charge in [0.05, 0.1) is 0 Å². The van der Waals surface area contributed by atoms with Gasteiger partial charge in [0.25, 0.3) is 5.91 Å². The van der Waals surface area contributed by atoms with E-state index in [1.54, 1.807) is 0 Å². The van der Waals surface area contributed by atoms with E-state index in [0.717, 1.165) is 6.42 Å². The molecule has 2 N–H and O–H groups in total. The number of halogens is 2. The minimum Gasteiger partial charge on any atom is -0.343 e. The summed E-state index contributed by atoms with van der Waals surface area (Å²) in [6, 6.07) is 2.94. The smallest absolute Gasteiger partial charge is 0.275 e. The zero-order valence-electron chi connectivity index (χ0n) is 13.5. The molecule has 9 heteroatoms. The lowest BCUT2D eigenvalue weighted by molar-refractivity contribution is 0.101. The number of amides is 1. The van der Waals surface area contributed by atoms with Gasteiger partial charge >= 0.3 is 0 Å². The number of carbonyl (C=O) groups is 1. The Labute approximate surface area is 147 Å². The van der Waals surface area contributed by atoms with Crippen molar-refractivity contribution < 1.29 is 13.4 Å². The normalized spacial score (nSPS) is 13.5. The molecular formula is C15H18ClFN4O2S. The lowest BCUT2D eigenvalue weighted by atomic mass is 10.3. The fourth-order valence-corrected chi connectivity index (χ4v) is 3.30. The third kappa shape index (κ3) is 4.19. The molecule has 0 radical (unpaired) electrons. The third-order valence-corrected chi connectivity index (χ3v) is 4.91. The first-order valence-corrected chi connectivity index (χ1v) is 8.82. The number of aryl methyl sites for hydroxylation is 1. The van der Waals surface area contributed by atoms with Gasteiger partial charge in [-0.3, -0.25) is 4.79 Å². The lowest BCUT2D eigenvalue weighted by Gasteiger charge is -2.09. The van der Waals surface area contributed by atoms with E-state index < -0.39 is 22.7 Å². The molecule has 0 saturated heterocycles. The molecule has 2 aromatic rings. The molecule has 2 rings (SSSR count). The van der Waals surface area contributed by atoms with E-state index in [0.29, 0.717) is 5.69 Å². The maximum atomic E-state index is 14.6. The Morgan fingerprint density at radius 2 is 2.25 bits per heavy atom. The summed E-state index contributed by atoms with van der Waals surface area (Å²) >= 11 is 5.75. The van der Waals surface area contributed by atoms with Crippen LogP contribution in [0.5, 0.6) is 0 Å². The minimum atomic E-state index is -1.74. The van der Waals surface area contributed by atoms with Crippen LogP contribution in [0, 0.1) is 5.82 Å². The number of hydrogen-bond donors (Lipinski definition) is 2. The Bertz CT molecular complexity index is 781. The summed E-state index contributed by atoms with van der Waals surface area (Å²) in [5.74, 6) is -1.48. The summed E-state index contributed by atoms with van der Waals surface area (Å²) in [5, 5.41) is 2.75. The molecule has 0 aromatic carbocycles. The Hall–Kier alpha value is -1.77. The van der Waals surface area contributed by atoms with Crippen molar-refractivity contribution in [2.24, 2.45) is 7.05 Å². The molecule has 1 amide bonds. The van der Waals surface area contributed by atoms with E-state index in [4.69, 9.17) is 11.6 Å². The summed E-state index contributed by atoms with van der Waals surface area (Å²) in [5.41, 5.74) is 0.179. The van der Waals surface area contributed by atoms with Gasteiger partial charge < -0.3 is 9.88 Å². The van der Waals surface area contributed by atoms with Crippen LogP contribution < -0.4 is 10.0 Å². The molecule has 130 valence electrons. The highest BCUT2D eigenvalue weighted by Gasteiger charge is 2.24. The molecule has 2 heterocycles. The molecule has 2 aromatic heterocycles. The summed E-state index contributed by atoms with van der Waals surface area (Å²) in [6.45, 7) is 3.77. The number of carbonyl (C=O) groups excluding carboxylic acids is 1. The molecule has 2 atom stereocenters. The summed E-state index contributed by atoms with van der Waals surface area (Å²) in [4.78, 5) is 16.1. The van der Waals surface area contributed by atoms with Gasteiger partial charge in [-0.05, 0) is 25.5 Å². The van der Waals surface area contributed by atoms with E-state index in [1.807, 2.05) is 13.8 Å². The van der Waals surface area contributed by atoms with Gasteiger partial charge in [-0.25, -0.2) is 18.3 Å². The molecule has 24 heavy (non-hydrogen) atoms. The molecule has 0 bridgehead atoms. The van der Waals surface area contributed by atoms with Crippen molar-refractivity contribution >= 4 is 34.2 Å². The topological polar surface area (TPSA) is 76.0 Å². The zero-order chi connectivity index (χ0) is 17.9. The van der Waals surface area contributed by atoms with Crippen LogP contribution in [-0.4, -0.2) is 25.7 Å². The molecule has 0 saturated carbocycles. The van der Waals surface area contributed by atoms with Crippen LogP contribution in [0.1, 0.15) is 30.8 Å². The fourth-order valence-electron chi connectivity index (χ4n) is 1.96. The number of rotatable bonds is 6. The number of pyridine rings is 1. The van der Waals surface area contributed by atoms with Crippen molar-refractivity contribution in [2.75, 3.05) is 5.32 Å². The molecule has 0 spiro atoms. The lowest BCUT2D eigenvalue weighted by Crippen LogP contribution is -2.27. The van der Waals surface area contributed by atoms with Crippen LogP contribution in [0.25, 0.3) is 0 Å². The van der Waals surface area contributed by atoms with Gasteiger partial charge in [-0.1, -0.05) is 18.5 Å². The number of anilines is 1. The summed E-state index contributed by atoms with van der Waals surface area (Å²) < 4.78 is 30.9. The highest BCUT2D eigenvalue weighted by Crippen LogP contribution is 2.20. The molecule has 0 aliphatic heterocycles. The Kier molecular flexibility index (Phi) is 6.09. The Morgan fingerprint density at radius 1 is 1.54 bits per heavy atom. The van der Waals surface area contributed by atoms with Crippen LogP contribution >= 0.6 is 11.6 Å². The minimum absolute atomic E-state index is 0.0401. The third-order valence-electron chi connectivity index (χ3n) is 3.41. The Morgan fingerprint density at radius 3 is 2.88 bits per heavy atom. The molecule has 0 fully saturated rings. The second-order valence-electron chi connectivity index (χ2n) is 5.28. The zero-order valence-corrected chi connectivity index (χ0v) is 15.0.